The maximum Gasteiger partial charge on any atom is 0.266 e. The zero-order valence-corrected chi connectivity index (χ0v) is 13.1. The number of nitrogens with one attached hydrogen (secondary N) is 3. The van der Waals surface area contributed by atoms with Gasteiger partial charge in [-0.15, -0.1) is 0 Å². The van der Waals surface area contributed by atoms with Gasteiger partial charge in [-0.1, -0.05) is 6.92 Å². The van der Waals surface area contributed by atoms with Crippen LogP contribution in [0.25, 0.3) is 5.65 Å². The summed E-state index contributed by atoms with van der Waals surface area (Å²) in [6, 6.07) is 1.47. The number of amides is 1. The average Bonchev–Trinajstić information content (AvgIpc) is 2.76. The van der Waals surface area contributed by atoms with Crippen molar-refractivity contribution < 1.29 is 4.79 Å². The van der Waals surface area contributed by atoms with Crippen LogP contribution in [0.3, 0.4) is 0 Å². The molecule has 2 aromatic heterocycles. The van der Waals surface area contributed by atoms with Crippen LogP contribution in [0.1, 0.15) is 23.9 Å². The van der Waals surface area contributed by atoms with Crippen molar-refractivity contribution in [1.82, 2.24) is 25.2 Å². The molecule has 0 aromatic carbocycles. The Kier molecular flexibility index (Phi) is 3.74. The lowest BCUT2D eigenvalue weighted by Gasteiger charge is -2.31. The second-order valence-electron chi connectivity index (χ2n) is 6.00. The quantitative estimate of drug-likeness (QED) is 0.748. The molecule has 118 valence electrons. The number of aromatic amines is 1. The monoisotopic (exact) mass is 303 g/mol. The third kappa shape index (κ3) is 2.52. The van der Waals surface area contributed by atoms with Crippen LogP contribution < -0.4 is 16.2 Å². The Morgan fingerprint density at radius 2 is 2.23 bits per heavy atom. The van der Waals surface area contributed by atoms with Crippen molar-refractivity contribution in [3.8, 4) is 0 Å². The molecule has 0 saturated carbocycles. The van der Waals surface area contributed by atoms with E-state index in [0.717, 1.165) is 30.0 Å². The fraction of sp³-hybridized carbons (Fsp3) is 0.533. The highest BCUT2D eigenvalue weighted by atomic mass is 16.2. The molecule has 1 aliphatic rings. The van der Waals surface area contributed by atoms with E-state index in [4.69, 9.17) is 0 Å². The SMILES string of the molecule is Cc1nc2cc(=O)[nH]n2c(C)c1CNC(=O)C(C)C1CNC1. The largest absolute Gasteiger partial charge is 0.352 e. The van der Waals surface area contributed by atoms with Gasteiger partial charge < -0.3 is 10.6 Å². The molecule has 1 aliphatic heterocycles. The van der Waals surface area contributed by atoms with Crippen LogP contribution in [-0.4, -0.2) is 33.6 Å². The van der Waals surface area contributed by atoms with E-state index >= 15 is 0 Å². The Labute approximate surface area is 128 Å². The topological polar surface area (TPSA) is 91.3 Å². The lowest BCUT2D eigenvalue weighted by molar-refractivity contribution is -0.126. The first-order valence-corrected chi connectivity index (χ1v) is 7.53. The van der Waals surface area contributed by atoms with E-state index < -0.39 is 0 Å². The Morgan fingerprint density at radius 3 is 2.86 bits per heavy atom. The van der Waals surface area contributed by atoms with Crippen molar-refractivity contribution in [2.75, 3.05) is 13.1 Å². The number of aryl methyl sites for hydroxylation is 2. The Balaban J connectivity index is 1.78. The van der Waals surface area contributed by atoms with Gasteiger partial charge >= 0.3 is 0 Å². The second-order valence-corrected chi connectivity index (χ2v) is 6.00. The number of fused-ring (bicyclic) bond motifs is 1. The molecule has 22 heavy (non-hydrogen) atoms. The van der Waals surface area contributed by atoms with Crippen molar-refractivity contribution in [3.05, 3.63) is 33.4 Å². The number of H-pyrrole nitrogens is 1. The molecule has 1 atom stereocenters. The Morgan fingerprint density at radius 1 is 1.50 bits per heavy atom. The first kappa shape index (κ1) is 14.8. The molecule has 2 aromatic rings. The van der Waals surface area contributed by atoms with E-state index in [0.29, 0.717) is 18.1 Å². The zero-order valence-electron chi connectivity index (χ0n) is 13.1. The molecular formula is C15H21N5O2. The summed E-state index contributed by atoms with van der Waals surface area (Å²) in [6.07, 6.45) is 0. The standard InChI is InChI=1S/C15H21N5O2/c1-8(11-5-16-6-11)15(22)17-7-12-9(2)18-13-4-14(21)19-20(13)10(12)3/h4,8,11,16H,5-7H2,1-3H3,(H,17,22)(H,19,21). The van der Waals surface area contributed by atoms with Gasteiger partial charge in [0.05, 0.1) is 0 Å². The lowest BCUT2D eigenvalue weighted by Crippen LogP contribution is -2.49. The van der Waals surface area contributed by atoms with Crippen LogP contribution in [0.4, 0.5) is 0 Å². The van der Waals surface area contributed by atoms with Crippen molar-refractivity contribution >= 4 is 11.6 Å². The number of aromatic nitrogens is 3. The van der Waals surface area contributed by atoms with Crippen molar-refractivity contribution in [1.29, 1.82) is 0 Å². The van der Waals surface area contributed by atoms with Crippen LogP contribution in [0.15, 0.2) is 10.9 Å². The van der Waals surface area contributed by atoms with Gasteiger partial charge in [-0.05, 0) is 32.9 Å². The van der Waals surface area contributed by atoms with Crippen molar-refractivity contribution in [3.63, 3.8) is 0 Å². The van der Waals surface area contributed by atoms with E-state index in [9.17, 15) is 9.59 Å². The first-order valence-electron chi connectivity index (χ1n) is 7.53. The summed E-state index contributed by atoms with van der Waals surface area (Å²) in [7, 11) is 0. The summed E-state index contributed by atoms with van der Waals surface area (Å²) in [6.45, 7) is 8.01. The van der Waals surface area contributed by atoms with E-state index in [2.05, 4.69) is 20.7 Å². The second kappa shape index (κ2) is 5.57. The molecular weight excluding hydrogens is 282 g/mol. The predicted octanol–water partition coefficient (Wildman–Crippen LogP) is 0.111. The fourth-order valence-corrected chi connectivity index (χ4v) is 2.83. The molecule has 3 rings (SSSR count). The summed E-state index contributed by atoms with van der Waals surface area (Å²) < 4.78 is 1.66. The van der Waals surface area contributed by atoms with Gasteiger partial charge in [-0.3, -0.25) is 14.7 Å². The number of nitrogens with zero attached hydrogens (tertiary/aromatic N) is 2. The number of carbonyl (C=O) groups excluding carboxylic acids is 1. The number of carbonyl (C=O) groups is 1. The van der Waals surface area contributed by atoms with E-state index in [1.165, 1.54) is 6.07 Å². The Hall–Kier alpha value is -2.15. The molecule has 1 saturated heterocycles. The molecule has 0 spiro atoms. The molecule has 1 unspecified atom stereocenters. The molecule has 7 nitrogen and oxygen atoms in total. The summed E-state index contributed by atoms with van der Waals surface area (Å²) in [5, 5.41) is 8.89. The van der Waals surface area contributed by atoms with Crippen molar-refractivity contribution in [2.24, 2.45) is 11.8 Å². The van der Waals surface area contributed by atoms with Gasteiger partial charge in [-0.25, -0.2) is 9.50 Å². The third-order valence-corrected chi connectivity index (χ3v) is 4.58. The minimum atomic E-state index is -0.178. The highest BCUT2D eigenvalue weighted by Gasteiger charge is 2.28. The third-order valence-electron chi connectivity index (χ3n) is 4.58. The molecule has 3 N–H and O–H groups in total. The first-order chi connectivity index (χ1) is 10.5. The van der Waals surface area contributed by atoms with Crippen LogP contribution in [-0.2, 0) is 11.3 Å². The normalized spacial score (nSPS) is 16.5. The van der Waals surface area contributed by atoms with Crippen LogP contribution in [0, 0.1) is 25.7 Å². The summed E-state index contributed by atoms with van der Waals surface area (Å²) in [5.74, 6) is 0.486. The predicted molar refractivity (Wildman–Crippen MR) is 82.7 cm³/mol. The number of hydrogen-bond donors (Lipinski definition) is 3. The minimum Gasteiger partial charge on any atom is -0.352 e. The molecule has 3 heterocycles. The van der Waals surface area contributed by atoms with Gasteiger partial charge in [0, 0.05) is 35.5 Å². The van der Waals surface area contributed by atoms with Crippen molar-refractivity contribution in [2.45, 2.75) is 27.3 Å². The van der Waals surface area contributed by atoms with Gasteiger partial charge in [0.2, 0.25) is 5.91 Å². The molecule has 7 heteroatoms. The van der Waals surface area contributed by atoms with Gasteiger partial charge in [0.25, 0.3) is 5.56 Å². The number of rotatable bonds is 4. The average molecular weight is 303 g/mol. The van der Waals surface area contributed by atoms with E-state index in [1.807, 2.05) is 20.8 Å². The number of hydrogen-bond acceptors (Lipinski definition) is 4. The van der Waals surface area contributed by atoms with Gasteiger partial charge in [0.1, 0.15) is 0 Å². The van der Waals surface area contributed by atoms with Crippen LogP contribution in [0.5, 0.6) is 0 Å². The molecule has 0 aliphatic carbocycles. The summed E-state index contributed by atoms with van der Waals surface area (Å²) >= 11 is 0. The van der Waals surface area contributed by atoms with E-state index in [-0.39, 0.29) is 17.4 Å². The molecule has 0 bridgehead atoms. The van der Waals surface area contributed by atoms with Crippen LogP contribution in [0.2, 0.25) is 0 Å². The smallest absolute Gasteiger partial charge is 0.266 e. The molecule has 1 fully saturated rings. The maximum atomic E-state index is 12.2. The van der Waals surface area contributed by atoms with E-state index in [1.54, 1.807) is 4.52 Å². The van der Waals surface area contributed by atoms with Gasteiger partial charge in [0.15, 0.2) is 5.65 Å². The van der Waals surface area contributed by atoms with Crippen LogP contribution >= 0.6 is 0 Å². The Bertz CT molecular complexity index is 772. The zero-order chi connectivity index (χ0) is 15.9. The summed E-state index contributed by atoms with van der Waals surface area (Å²) in [5.41, 5.74) is 3.08. The minimum absolute atomic E-state index is 0.00457. The fourth-order valence-electron chi connectivity index (χ4n) is 2.83. The highest BCUT2D eigenvalue weighted by Crippen LogP contribution is 2.17. The lowest BCUT2D eigenvalue weighted by atomic mass is 9.88. The maximum absolute atomic E-state index is 12.2. The highest BCUT2D eigenvalue weighted by molar-refractivity contribution is 5.78. The summed E-state index contributed by atoms with van der Waals surface area (Å²) in [4.78, 5) is 28.1. The molecule has 1 amide bonds. The molecule has 0 radical (unpaired) electrons. The van der Waals surface area contributed by atoms with Gasteiger partial charge in [-0.2, -0.15) is 0 Å².